The van der Waals surface area contributed by atoms with Crippen molar-refractivity contribution < 1.29 is 9.18 Å². The molecule has 2 aromatic rings. The number of thiophene rings is 1. The molecule has 1 aliphatic rings. The molecule has 1 saturated heterocycles. The standard InChI is InChI=1S/C13H13FN2OS/c14-9-1-2-11-8(5-9)6-12(18-11)13(17)16-4-3-10(15)7-16/h1-2,5-6,10H,3-4,7,15H2/t10-/m0/s1. The lowest BCUT2D eigenvalue weighted by Crippen LogP contribution is -2.31. The molecule has 1 amide bonds. The van der Waals surface area contributed by atoms with Crippen LogP contribution in [0.15, 0.2) is 24.3 Å². The predicted octanol–water partition coefficient (Wildman–Crippen LogP) is 2.21. The van der Waals surface area contributed by atoms with E-state index in [0.29, 0.717) is 18.0 Å². The summed E-state index contributed by atoms with van der Waals surface area (Å²) in [5, 5.41) is 0.784. The zero-order valence-corrected chi connectivity index (χ0v) is 10.5. The van der Waals surface area contributed by atoms with Crippen LogP contribution in [0.25, 0.3) is 10.1 Å². The number of nitrogens with zero attached hydrogens (tertiary/aromatic N) is 1. The van der Waals surface area contributed by atoms with Crippen molar-refractivity contribution in [1.29, 1.82) is 0 Å². The third kappa shape index (κ3) is 2.00. The highest BCUT2D eigenvalue weighted by Gasteiger charge is 2.25. The summed E-state index contributed by atoms with van der Waals surface area (Å²) in [5.74, 6) is -0.271. The van der Waals surface area contributed by atoms with Crippen LogP contribution < -0.4 is 5.73 Å². The van der Waals surface area contributed by atoms with E-state index >= 15 is 0 Å². The van der Waals surface area contributed by atoms with E-state index in [1.165, 1.54) is 23.5 Å². The maximum atomic E-state index is 13.1. The second-order valence-electron chi connectivity index (χ2n) is 4.59. The van der Waals surface area contributed by atoms with E-state index in [9.17, 15) is 9.18 Å². The number of hydrogen-bond acceptors (Lipinski definition) is 3. The third-order valence-corrected chi connectivity index (χ3v) is 4.31. The molecule has 1 atom stereocenters. The van der Waals surface area contributed by atoms with Gasteiger partial charge < -0.3 is 10.6 Å². The van der Waals surface area contributed by atoms with Crippen LogP contribution in [0.3, 0.4) is 0 Å². The first-order valence-corrected chi connectivity index (χ1v) is 6.69. The summed E-state index contributed by atoms with van der Waals surface area (Å²) in [6.07, 6.45) is 0.852. The van der Waals surface area contributed by atoms with Crippen LogP contribution >= 0.6 is 11.3 Å². The van der Waals surface area contributed by atoms with E-state index in [2.05, 4.69) is 0 Å². The molecule has 0 bridgehead atoms. The quantitative estimate of drug-likeness (QED) is 0.858. The summed E-state index contributed by atoms with van der Waals surface area (Å²) in [7, 11) is 0. The second kappa shape index (κ2) is 4.33. The Bertz CT molecular complexity index is 610. The van der Waals surface area contributed by atoms with Crippen LogP contribution in [0, 0.1) is 5.82 Å². The number of nitrogens with two attached hydrogens (primary N) is 1. The highest BCUT2D eigenvalue weighted by molar-refractivity contribution is 7.20. The van der Waals surface area contributed by atoms with Gasteiger partial charge in [-0.25, -0.2) is 4.39 Å². The molecule has 94 valence electrons. The van der Waals surface area contributed by atoms with Gasteiger partial charge in [0.25, 0.3) is 5.91 Å². The Morgan fingerprint density at radius 1 is 1.44 bits per heavy atom. The van der Waals surface area contributed by atoms with Crippen LogP contribution in [0.4, 0.5) is 4.39 Å². The monoisotopic (exact) mass is 264 g/mol. The predicted molar refractivity (Wildman–Crippen MR) is 70.3 cm³/mol. The lowest BCUT2D eigenvalue weighted by molar-refractivity contribution is 0.0795. The fourth-order valence-corrected chi connectivity index (χ4v) is 3.26. The minimum absolute atomic E-state index is 0.00422. The van der Waals surface area contributed by atoms with Crippen LogP contribution in [-0.4, -0.2) is 29.9 Å². The number of benzene rings is 1. The molecule has 0 radical (unpaired) electrons. The Hall–Kier alpha value is -1.46. The van der Waals surface area contributed by atoms with Crippen molar-refractivity contribution in [2.24, 2.45) is 5.73 Å². The number of rotatable bonds is 1. The fraction of sp³-hybridized carbons (Fsp3) is 0.308. The van der Waals surface area contributed by atoms with Gasteiger partial charge >= 0.3 is 0 Å². The topological polar surface area (TPSA) is 46.3 Å². The SMILES string of the molecule is N[C@H]1CCN(C(=O)c2cc3cc(F)ccc3s2)C1. The van der Waals surface area contributed by atoms with Gasteiger partial charge in [0.05, 0.1) is 4.88 Å². The molecule has 0 unspecified atom stereocenters. The van der Waals surface area contributed by atoms with Gasteiger partial charge in [-0.1, -0.05) is 0 Å². The van der Waals surface area contributed by atoms with Crippen molar-refractivity contribution in [2.45, 2.75) is 12.5 Å². The molecule has 0 saturated carbocycles. The van der Waals surface area contributed by atoms with E-state index in [1.807, 2.05) is 0 Å². The summed E-state index contributed by atoms with van der Waals surface area (Å²) in [5.41, 5.74) is 5.80. The van der Waals surface area contributed by atoms with Gasteiger partial charge in [-0.05, 0) is 36.1 Å². The first-order valence-electron chi connectivity index (χ1n) is 5.87. The summed E-state index contributed by atoms with van der Waals surface area (Å²) in [6.45, 7) is 1.32. The number of fused-ring (bicyclic) bond motifs is 1. The Morgan fingerprint density at radius 3 is 3.00 bits per heavy atom. The molecule has 1 aliphatic heterocycles. The molecule has 1 aromatic carbocycles. The third-order valence-electron chi connectivity index (χ3n) is 3.20. The molecule has 5 heteroatoms. The van der Waals surface area contributed by atoms with E-state index < -0.39 is 0 Å². The van der Waals surface area contributed by atoms with Crippen LogP contribution in [-0.2, 0) is 0 Å². The minimum atomic E-state index is -0.275. The van der Waals surface area contributed by atoms with Gasteiger partial charge in [0.1, 0.15) is 5.82 Å². The molecule has 3 nitrogen and oxygen atoms in total. The molecule has 2 N–H and O–H groups in total. The van der Waals surface area contributed by atoms with E-state index in [-0.39, 0.29) is 17.8 Å². The number of halogens is 1. The maximum Gasteiger partial charge on any atom is 0.264 e. The second-order valence-corrected chi connectivity index (χ2v) is 5.68. The van der Waals surface area contributed by atoms with Gasteiger partial charge in [0, 0.05) is 23.8 Å². The van der Waals surface area contributed by atoms with E-state index in [1.54, 1.807) is 17.0 Å². The summed E-state index contributed by atoms with van der Waals surface area (Å²) >= 11 is 1.40. The first-order chi connectivity index (χ1) is 8.63. The zero-order valence-electron chi connectivity index (χ0n) is 9.73. The number of hydrogen-bond donors (Lipinski definition) is 1. The lowest BCUT2D eigenvalue weighted by atomic mass is 10.2. The van der Waals surface area contributed by atoms with Crippen LogP contribution in [0.2, 0.25) is 0 Å². The lowest BCUT2D eigenvalue weighted by Gasteiger charge is -2.13. The number of amides is 1. The van der Waals surface area contributed by atoms with Gasteiger partial charge in [0.15, 0.2) is 0 Å². The first kappa shape index (κ1) is 11.6. The molecule has 3 rings (SSSR count). The maximum absolute atomic E-state index is 13.1. The van der Waals surface area contributed by atoms with Crippen molar-refractivity contribution in [3.05, 3.63) is 35.0 Å². The molecule has 2 heterocycles. The molecular weight excluding hydrogens is 251 g/mol. The van der Waals surface area contributed by atoms with E-state index in [4.69, 9.17) is 5.73 Å². The highest BCUT2D eigenvalue weighted by Crippen LogP contribution is 2.28. The Labute approximate surface area is 108 Å². The average molecular weight is 264 g/mol. The van der Waals surface area contributed by atoms with Crippen molar-refractivity contribution >= 4 is 27.3 Å². The van der Waals surface area contributed by atoms with E-state index in [0.717, 1.165) is 16.5 Å². The molecule has 0 spiro atoms. The Kier molecular flexibility index (Phi) is 2.80. The zero-order chi connectivity index (χ0) is 12.7. The van der Waals surface area contributed by atoms with Gasteiger partial charge in [0.2, 0.25) is 0 Å². The number of likely N-dealkylation sites (tertiary alicyclic amines) is 1. The Balaban J connectivity index is 1.92. The average Bonchev–Trinajstić information content (AvgIpc) is 2.93. The van der Waals surface area contributed by atoms with Crippen molar-refractivity contribution in [1.82, 2.24) is 4.90 Å². The van der Waals surface area contributed by atoms with Crippen LogP contribution in [0.5, 0.6) is 0 Å². The minimum Gasteiger partial charge on any atom is -0.336 e. The molecular formula is C13H13FN2OS. The normalized spacial score (nSPS) is 19.7. The smallest absolute Gasteiger partial charge is 0.264 e. The molecule has 1 aromatic heterocycles. The number of carbonyl (C=O) groups is 1. The van der Waals surface area contributed by atoms with Crippen LogP contribution in [0.1, 0.15) is 16.1 Å². The summed E-state index contributed by atoms with van der Waals surface area (Å²) < 4.78 is 14.0. The van der Waals surface area contributed by atoms with Crippen molar-refractivity contribution in [3.8, 4) is 0 Å². The fourth-order valence-electron chi connectivity index (χ4n) is 2.25. The van der Waals surface area contributed by atoms with Gasteiger partial charge in [-0.2, -0.15) is 0 Å². The van der Waals surface area contributed by atoms with Crippen molar-refractivity contribution in [3.63, 3.8) is 0 Å². The van der Waals surface area contributed by atoms with Gasteiger partial charge in [-0.15, -0.1) is 11.3 Å². The Morgan fingerprint density at radius 2 is 2.28 bits per heavy atom. The van der Waals surface area contributed by atoms with Gasteiger partial charge in [-0.3, -0.25) is 4.79 Å². The van der Waals surface area contributed by atoms with Crippen molar-refractivity contribution in [2.75, 3.05) is 13.1 Å². The molecule has 18 heavy (non-hydrogen) atoms. The highest BCUT2D eigenvalue weighted by atomic mass is 32.1. The largest absolute Gasteiger partial charge is 0.336 e. The molecule has 0 aliphatic carbocycles. The number of carbonyl (C=O) groups excluding carboxylic acids is 1. The summed E-state index contributed by atoms with van der Waals surface area (Å²) in [6, 6.07) is 6.43. The molecule has 1 fully saturated rings. The summed E-state index contributed by atoms with van der Waals surface area (Å²) in [4.78, 5) is 14.7.